The average molecular weight is 392 g/mol. The number of anilines is 2. The zero-order valence-corrected chi connectivity index (χ0v) is 16.9. The summed E-state index contributed by atoms with van der Waals surface area (Å²) in [5.74, 6) is 0.690. The molecule has 1 N–H and O–H groups in total. The molecule has 0 unspecified atom stereocenters. The van der Waals surface area contributed by atoms with Gasteiger partial charge in [0.15, 0.2) is 5.82 Å². The SMILES string of the molecule is Cc1cc(C)c(Nc2nc(C)ncc2S(=O)(=O)c2ccc(C#N)cc2)c(C)c1. The van der Waals surface area contributed by atoms with E-state index in [2.05, 4.69) is 15.3 Å². The fourth-order valence-corrected chi connectivity index (χ4v) is 4.37. The van der Waals surface area contributed by atoms with E-state index in [1.54, 1.807) is 6.92 Å². The average Bonchev–Trinajstić information content (AvgIpc) is 2.64. The number of nitrogens with zero attached hydrogens (tertiary/aromatic N) is 3. The van der Waals surface area contributed by atoms with Gasteiger partial charge >= 0.3 is 0 Å². The quantitative estimate of drug-likeness (QED) is 0.716. The Hall–Kier alpha value is -3.24. The Morgan fingerprint density at radius 3 is 2.18 bits per heavy atom. The molecule has 0 amide bonds. The van der Waals surface area contributed by atoms with E-state index in [0.717, 1.165) is 22.4 Å². The van der Waals surface area contributed by atoms with Crippen LogP contribution in [0.15, 0.2) is 52.4 Å². The van der Waals surface area contributed by atoms with Gasteiger partial charge in [-0.05, 0) is 63.1 Å². The first kappa shape index (κ1) is 19.5. The van der Waals surface area contributed by atoms with Gasteiger partial charge < -0.3 is 5.32 Å². The standard InChI is InChI=1S/C21H20N4O2S/c1-13-9-14(2)20(15(3)10-13)25-21-19(12-23-16(4)24-21)28(26,27)18-7-5-17(11-22)6-8-18/h5-10,12H,1-4H3,(H,23,24,25). The molecular formula is C21H20N4O2S. The summed E-state index contributed by atoms with van der Waals surface area (Å²) in [6.07, 6.45) is 1.32. The van der Waals surface area contributed by atoms with Crippen LogP contribution in [-0.4, -0.2) is 18.4 Å². The van der Waals surface area contributed by atoms with Crippen molar-refractivity contribution in [3.63, 3.8) is 0 Å². The Morgan fingerprint density at radius 2 is 1.61 bits per heavy atom. The van der Waals surface area contributed by atoms with Gasteiger partial charge in [-0.15, -0.1) is 0 Å². The number of benzene rings is 2. The van der Waals surface area contributed by atoms with Crippen LogP contribution in [0.4, 0.5) is 11.5 Å². The number of aromatic nitrogens is 2. The molecule has 3 rings (SSSR count). The molecule has 0 spiro atoms. The molecular weight excluding hydrogens is 372 g/mol. The van der Waals surface area contributed by atoms with Crippen LogP contribution >= 0.6 is 0 Å². The topological polar surface area (TPSA) is 95.7 Å². The summed E-state index contributed by atoms with van der Waals surface area (Å²) in [5.41, 5.74) is 4.33. The van der Waals surface area contributed by atoms with Gasteiger partial charge in [-0.1, -0.05) is 17.7 Å². The van der Waals surface area contributed by atoms with Crippen LogP contribution in [0, 0.1) is 39.0 Å². The highest BCUT2D eigenvalue weighted by molar-refractivity contribution is 7.91. The molecule has 6 nitrogen and oxygen atoms in total. The van der Waals surface area contributed by atoms with Crippen LogP contribution in [0.3, 0.4) is 0 Å². The first-order chi connectivity index (χ1) is 13.2. The van der Waals surface area contributed by atoms with Gasteiger partial charge in [-0.25, -0.2) is 18.4 Å². The molecule has 0 radical (unpaired) electrons. The Morgan fingerprint density at radius 1 is 1.00 bits per heavy atom. The van der Waals surface area contributed by atoms with Crippen molar-refractivity contribution in [2.75, 3.05) is 5.32 Å². The summed E-state index contributed by atoms with van der Waals surface area (Å²) < 4.78 is 26.4. The van der Waals surface area contributed by atoms with E-state index in [1.165, 1.54) is 30.5 Å². The van der Waals surface area contributed by atoms with Crippen molar-refractivity contribution in [1.82, 2.24) is 9.97 Å². The molecule has 3 aromatic rings. The molecule has 0 bridgehead atoms. The number of hydrogen-bond donors (Lipinski definition) is 1. The number of aryl methyl sites for hydroxylation is 4. The maximum absolute atomic E-state index is 13.2. The maximum Gasteiger partial charge on any atom is 0.211 e. The van der Waals surface area contributed by atoms with Crippen LogP contribution in [0.25, 0.3) is 0 Å². The molecule has 0 fully saturated rings. The van der Waals surface area contributed by atoms with Gasteiger partial charge in [0.1, 0.15) is 10.7 Å². The summed E-state index contributed by atoms with van der Waals surface area (Å²) >= 11 is 0. The predicted molar refractivity (Wildman–Crippen MR) is 107 cm³/mol. The summed E-state index contributed by atoms with van der Waals surface area (Å²) in [4.78, 5) is 8.50. The van der Waals surface area contributed by atoms with Crippen molar-refractivity contribution < 1.29 is 8.42 Å². The van der Waals surface area contributed by atoms with Gasteiger partial charge in [-0.2, -0.15) is 5.26 Å². The lowest BCUT2D eigenvalue weighted by molar-refractivity contribution is 0.595. The van der Waals surface area contributed by atoms with E-state index in [9.17, 15) is 8.42 Å². The minimum Gasteiger partial charge on any atom is -0.339 e. The molecule has 2 aromatic carbocycles. The van der Waals surface area contributed by atoms with Crippen molar-refractivity contribution in [2.24, 2.45) is 0 Å². The number of hydrogen-bond acceptors (Lipinski definition) is 6. The minimum atomic E-state index is -3.86. The highest BCUT2D eigenvalue weighted by Crippen LogP contribution is 2.31. The molecule has 1 aromatic heterocycles. The largest absolute Gasteiger partial charge is 0.339 e. The highest BCUT2D eigenvalue weighted by Gasteiger charge is 2.24. The van der Waals surface area contributed by atoms with Crippen molar-refractivity contribution >= 4 is 21.3 Å². The fraction of sp³-hybridized carbons (Fsp3) is 0.190. The van der Waals surface area contributed by atoms with E-state index < -0.39 is 9.84 Å². The molecule has 0 atom stereocenters. The lowest BCUT2D eigenvalue weighted by Gasteiger charge is -2.16. The monoisotopic (exact) mass is 392 g/mol. The van der Waals surface area contributed by atoms with Crippen LogP contribution < -0.4 is 5.32 Å². The van der Waals surface area contributed by atoms with Crippen molar-refractivity contribution in [3.05, 3.63) is 70.7 Å². The van der Waals surface area contributed by atoms with Gasteiger partial charge in [0.2, 0.25) is 9.84 Å². The first-order valence-electron chi connectivity index (χ1n) is 8.66. The normalized spacial score (nSPS) is 11.1. The second-order valence-electron chi connectivity index (χ2n) is 6.67. The van der Waals surface area contributed by atoms with Crippen LogP contribution in [0.1, 0.15) is 28.1 Å². The molecule has 0 aliphatic heterocycles. The van der Waals surface area contributed by atoms with Crippen molar-refractivity contribution in [1.29, 1.82) is 5.26 Å². The molecule has 0 saturated carbocycles. The van der Waals surface area contributed by atoms with Crippen LogP contribution in [0.5, 0.6) is 0 Å². The molecule has 142 valence electrons. The summed E-state index contributed by atoms with van der Waals surface area (Å²) in [6, 6.07) is 11.8. The second-order valence-corrected chi connectivity index (χ2v) is 8.59. The molecule has 0 saturated heterocycles. The smallest absolute Gasteiger partial charge is 0.211 e. The van der Waals surface area contributed by atoms with E-state index >= 15 is 0 Å². The zero-order chi connectivity index (χ0) is 20.5. The third-order valence-electron chi connectivity index (χ3n) is 4.38. The molecule has 0 aliphatic rings. The number of nitrogens with one attached hydrogen (secondary N) is 1. The van der Waals surface area contributed by atoms with E-state index in [-0.39, 0.29) is 15.6 Å². The van der Waals surface area contributed by atoms with Gasteiger partial charge in [0.25, 0.3) is 0 Å². The summed E-state index contributed by atoms with van der Waals surface area (Å²) in [5, 5.41) is 12.1. The Balaban J connectivity index is 2.12. The molecule has 7 heteroatoms. The van der Waals surface area contributed by atoms with Crippen molar-refractivity contribution in [3.8, 4) is 6.07 Å². The Bertz CT molecular complexity index is 1170. The van der Waals surface area contributed by atoms with E-state index in [0.29, 0.717) is 11.4 Å². The van der Waals surface area contributed by atoms with Crippen LogP contribution in [-0.2, 0) is 9.84 Å². The minimum absolute atomic E-state index is 0.0119. The zero-order valence-electron chi connectivity index (χ0n) is 16.1. The maximum atomic E-state index is 13.2. The lowest BCUT2D eigenvalue weighted by Crippen LogP contribution is -2.10. The number of rotatable bonds is 4. The Kier molecular flexibility index (Phi) is 5.16. The predicted octanol–water partition coefficient (Wildman–Crippen LogP) is 4.16. The van der Waals surface area contributed by atoms with E-state index in [1.807, 2.05) is 39.0 Å². The highest BCUT2D eigenvalue weighted by atomic mass is 32.2. The van der Waals surface area contributed by atoms with Gasteiger partial charge in [0, 0.05) is 5.69 Å². The third kappa shape index (κ3) is 3.73. The van der Waals surface area contributed by atoms with Crippen molar-refractivity contribution in [2.45, 2.75) is 37.5 Å². The second kappa shape index (κ2) is 7.41. The van der Waals surface area contributed by atoms with Gasteiger partial charge in [-0.3, -0.25) is 0 Å². The fourth-order valence-electron chi connectivity index (χ4n) is 3.08. The van der Waals surface area contributed by atoms with Crippen LogP contribution in [0.2, 0.25) is 0 Å². The lowest BCUT2D eigenvalue weighted by atomic mass is 10.1. The summed E-state index contributed by atoms with van der Waals surface area (Å²) in [6.45, 7) is 7.65. The number of nitriles is 1. The third-order valence-corrected chi connectivity index (χ3v) is 6.15. The van der Waals surface area contributed by atoms with E-state index in [4.69, 9.17) is 5.26 Å². The molecule has 0 aliphatic carbocycles. The number of sulfone groups is 1. The molecule has 1 heterocycles. The summed E-state index contributed by atoms with van der Waals surface area (Å²) in [7, 11) is -3.86. The Labute approximate surface area is 164 Å². The first-order valence-corrected chi connectivity index (χ1v) is 10.1. The molecule has 28 heavy (non-hydrogen) atoms. The van der Waals surface area contributed by atoms with Gasteiger partial charge in [0.05, 0.1) is 22.7 Å².